The molecule has 1 aliphatic heterocycles. The number of nitrogens with zero attached hydrogens (tertiary/aromatic N) is 1. The van der Waals surface area contributed by atoms with Crippen molar-refractivity contribution in [1.82, 2.24) is 10.2 Å². The van der Waals surface area contributed by atoms with Crippen molar-refractivity contribution < 1.29 is 0 Å². The molecule has 21 heavy (non-hydrogen) atoms. The number of benzene rings is 1. The van der Waals surface area contributed by atoms with Crippen LogP contribution in [0.15, 0.2) is 18.2 Å². The SMILES string of the molecule is CCCNCC1CCCCN(C)C1c1ccc(C)cc1C. The standard InChI is InChI=1S/C19H32N2/c1-5-11-20-14-17-8-6-7-12-21(4)19(17)18-10-9-15(2)13-16(18)3/h9-10,13,17,19-20H,5-8,11-12,14H2,1-4H3. The van der Waals surface area contributed by atoms with Gasteiger partial charge < -0.3 is 5.32 Å². The maximum atomic E-state index is 3.66. The van der Waals surface area contributed by atoms with Gasteiger partial charge in [-0.2, -0.15) is 0 Å². The molecule has 1 aromatic carbocycles. The third-order valence-corrected chi connectivity index (χ3v) is 4.83. The Morgan fingerprint density at radius 3 is 2.76 bits per heavy atom. The van der Waals surface area contributed by atoms with Crippen LogP contribution >= 0.6 is 0 Å². The van der Waals surface area contributed by atoms with Crippen LogP contribution in [0.3, 0.4) is 0 Å². The van der Waals surface area contributed by atoms with Crippen molar-refractivity contribution in [1.29, 1.82) is 0 Å². The van der Waals surface area contributed by atoms with E-state index in [0.29, 0.717) is 6.04 Å². The van der Waals surface area contributed by atoms with Crippen LogP contribution in [-0.2, 0) is 0 Å². The molecule has 0 saturated carbocycles. The highest BCUT2D eigenvalue weighted by Crippen LogP contribution is 2.35. The fourth-order valence-electron chi connectivity index (χ4n) is 3.75. The average molecular weight is 288 g/mol. The monoisotopic (exact) mass is 288 g/mol. The second kappa shape index (κ2) is 7.95. The molecule has 2 atom stereocenters. The normalized spacial score (nSPS) is 24.0. The van der Waals surface area contributed by atoms with E-state index >= 15 is 0 Å². The summed E-state index contributed by atoms with van der Waals surface area (Å²) in [6, 6.07) is 7.55. The Morgan fingerprint density at radius 1 is 1.24 bits per heavy atom. The molecule has 2 unspecified atom stereocenters. The molecule has 2 heteroatoms. The number of likely N-dealkylation sites (tertiary alicyclic amines) is 1. The van der Waals surface area contributed by atoms with Gasteiger partial charge in [-0.15, -0.1) is 0 Å². The summed E-state index contributed by atoms with van der Waals surface area (Å²) in [5, 5.41) is 3.66. The second-order valence-corrected chi connectivity index (χ2v) is 6.75. The molecule has 0 aromatic heterocycles. The molecule has 2 rings (SSSR count). The van der Waals surface area contributed by atoms with Crippen molar-refractivity contribution in [2.24, 2.45) is 5.92 Å². The lowest BCUT2D eigenvalue weighted by molar-refractivity contribution is 0.188. The van der Waals surface area contributed by atoms with Gasteiger partial charge in [-0.05, 0) is 76.8 Å². The van der Waals surface area contributed by atoms with E-state index in [2.05, 4.69) is 56.2 Å². The smallest absolute Gasteiger partial charge is 0.0387 e. The van der Waals surface area contributed by atoms with Gasteiger partial charge in [0.05, 0.1) is 0 Å². The highest BCUT2D eigenvalue weighted by atomic mass is 15.1. The van der Waals surface area contributed by atoms with Crippen LogP contribution in [0.1, 0.15) is 55.3 Å². The molecule has 0 amide bonds. The summed E-state index contributed by atoms with van der Waals surface area (Å²) >= 11 is 0. The molecule has 0 bridgehead atoms. The number of rotatable bonds is 5. The molecule has 1 saturated heterocycles. The molecule has 118 valence electrons. The van der Waals surface area contributed by atoms with E-state index in [-0.39, 0.29) is 0 Å². The van der Waals surface area contributed by atoms with Gasteiger partial charge in [-0.3, -0.25) is 4.90 Å². The Hall–Kier alpha value is -0.860. The third kappa shape index (κ3) is 4.31. The molecule has 1 aromatic rings. The highest BCUT2D eigenvalue weighted by molar-refractivity contribution is 5.33. The van der Waals surface area contributed by atoms with Gasteiger partial charge in [0.15, 0.2) is 0 Å². The van der Waals surface area contributed by atoms with Gasteiger partial charge in [0.25, 0.3) is 0 Å². The van der Waals surface area contributed by atoms with Gasteiger partial charge in [-0.25, -0.2) is 0 Å². The van der Waals surface area contributed by atoms with E-state index in [1.165, 1.54) is 48.9 Å². The van der Waals surface area contributed by atoms with Crippen molar-refractivity contribution >= 4 is 0 Å². The minimum absolute atomic E-state index is 0.567. The molecule has 1 aliphatic rings. The minimum Gasteiger partial charge on any atom is -0.316 e. The van der Waals surface area contributed by atoms with Crippen LogP contribution in [0, 0.1) is 19.8 Å². The Morgan fingerprint density at radius 2 is 2.05 bits per heavy atom. The molecule has 0 spiro atoms. The molecule has 0 radical (unpaired) electrons. The number of hydrogen-bond donors (Lipinski definition) is 1. The fourth-order valence-corrected chi connectivity index (χ4v) is 3.75. The molecule has 1 fully saturated rings. The molecular formula is C19H32N2. The lowest BCUT2D eigenvalue weighted by Gasteiger charge is -2.34. The zero-order valence-electron chi connectivity index (χ0n) is 14.3. The van der Waals surface area contributed by atoms with Crippen LogP contribution in [0.25, 0.3) is 0 Å². The number of aryl methyl sites for hydroxylation is 2. The lowest BCUT2D eigenvalue weighted by Crippen LogP contribution is -2.35. The van der Waals surface area contributed by atoms with Gasteiger partial charge in [0, 0.05) is 6.04 Å². The van der Waals surface area contributed by atoms with E-state index < -0.39 is 0 Å². The van der Waals surface area contributed by atoms with Crippen LogP contribution in [0.5, 0.6) is 0 Å². The van der Waals surface area contributed by atoms with Crippen molar-refractivity contribution in [3.8, 4) is 0 Å². The number of nitrogens with one attached hydrogen (secondary N) is 1. The van der Waals surface area contributed by atoms with E-state index in [1.54, 1.807) is 0 Å². The van der Waals surface area contributed by atoms with Crippen molar-refractivity contribution in [2.45, 2.75) is 52.5 Å². The summed E-state index contributed by atoms with van der Waals surface area (Å²) in [5.74, 6) is 0.727. The first kappa shape index (κ1) is 16.5. The summed E-state index contributed by atoms with van der Waals surface area (Å²) in [6.07, 6.45) is 5.27. The molecule has 1 N–H and O–H groups in total. The first-order chi connectivity index (χ1) is 10.1. The first-order valence-corrected chi connectivity index (χ1v) is 8.61. The fraction of sp³-hybridized carbons (Fsp3) is 0.684. The third-order valence-electron chi connectivity index (χ3n) is 4.83. The molecule has 2 nitrogen and oxygen atoms in total. The van der Waals surface area contributed by atoms with Gasteiger partial charge in [-0.1, -0.05) is 37.1 Å². The minimum atomic E-state index is 0.567. The summed E-state index contributed by atoms with van der Waals surface area (Å²) < 4.78 is 0. The summed E-state index contributed by atoms with van der Waals surface area (Å²) in [5.41, 5.74) is 4.36. The Bertz CT molecular complexity index is 441. The summed E-state index contributed by atoms with van der Waals surface area (Å²) in [6.45, 7) is 10.2. The van der Waals surface area contributed by atoms with E-state index in [9.17, 15) is 0 Å². The van der Waals surface area contributed by atoms with Crippen molar-refractivity contribution in [3.63, 3.8) is 0 Å². The largest absolute Gasteiger partial charge is 0.316 e. The first-order valence-electron chi connectivity index (χ1n) is 8.61. The van der Waals surface area contributed by atoms with Crippen molar-refractivity contribution in [3.05, 3.63) is 34.9 Å². The summed E-state index contributed by atoms with van der Waals surface area (Å²) in [7, 11) is 2.31. The summed E-state index contributed by atoms with van der Waals surface area (Å²) in [4.78, 5) is 2.59. The quantitative estimate of drug-likeness (QED) is 0.821. The Balaban J connectivity index is 2.23. The number of hydrogen-bond acceptors (Lipinski definition) is 2. The van der Waals surface area contributed by atoms with E-state index in [4.69, 9.17) is 0 Å². The molecule has 1 heterocycles. The van der Waals surface area contributed by atoms with E-state index in [1.807, 2.05) is 0 Å². The van der Waals surface area contributed by atoms with Crippen LogP contribution in [0.2, 0.25) is 0 Å². The van der Waals surface area contributed by atoms with Crippen molar-refractivity contribution in [2.75, 3.05) is 26.7 Å². The predicted molar refractivity (Wildman–Crippen MR) is 91.8 cm³/mol. The van der Waals surface area contributed by atoms with E-state index in [0.717, 1.165) is 19.0 Å². The van der Waals surface area contributed by atoms with Crippen LogP contribution in [-0.4, -0.2) is 31.6 Å². The maximum Gasteiger partial charge on any atom is 0.0387 e. The highest BCUT2D eigenvalue weighted by Gasteiger charge is 2.29. The van der Waals surface area contributed by atoms with Crippen LogP contribution in [0.4, 0.5) is 0 Å². The predicted octanol–water partition coefficient (Wildman–Crippen LogP) is 4.08. The topological polar surface area (TPSA) is 15.3 Å². The maximum absolute atomic E-state index is 3.66. The zero-order chi connectivity index (χ0) is 15.2. The Labute approximate surface area is 130 Å². The average Bonchev–Trinajstić information content (AvgIpc) is 2.62. The second-order valence-electron chi connectivity index (χ2n) is 6.75. The van der Waals surface area contributed by atoms with Crippen LogP contribution < -0.4 is 5.32 Å². The van der Waals surface area contributed by atoms with Gasteiger partial charge in [0.2, 0.25) is 0 Å². The molecular weight excluding hydrogens is 256 g/mol. The molecule has 0 aliphatic carbocycles. The van der Waals surface area contributed by atoms with Gasteiger partial charge >= 0.3 is 0 Å². The lowest BCUT2D eigenvalue weighted by atomic mass is 9.86. The Kier molecular flexibility index (Phi) is 6.25. The zero-order valence-corrected chi connectivity index (χ0v) is 14.3. The van der Waals surface area contributed by atoms with Gasteiger partial charge in [0.1, 0.15) is 0 Å².